The van der Waals surface area contributed by atoms with E-state index in [1.54, 1.807) is 6.07 Å². The Hall–Kier alpha value is -7.02. The van der Waals surface area contributed by atoms with Gasteiger partial charge in [0, 0.05) is 47.2 Å². The van der Waals surface area contributed by atoms with Gasteiger partial charge in [0.05, 0.1) is 24.1 Å². The highest BCUT2D eigenvalue weighted by Gasteiger charge is 2.41. The van der Waals surface area contributed by atoms with Crippen LogP contribution in [-0.4, -0.2) is 44.7 Å². The minimum atomic E-state index is -0.931. The molecular weight excluding hydrogens is 812 g/mol. The van der Waals surface area contributed by atoms with Crippen LogP contribution < -0.4 is 14.2 Å². The summed E-state index contributed by atoms with van der Waals surface area (Å²) in [6.45, 7) is 9.21. The van der Waals surface area contributed by atoms with Gasteiger partial charge in [0.15, 0.2) is 5.75 Å². The van der Waals surface area contributed by atoms with Gasteiger partial charge in [0.25, 0.3) is 0 Å². The third-order valence-electron chi connectivity index (χ3n) is 12.5. The molecule has 6 aromatic carbocycles. The molecule has 0 amide bonds. The van der Waals surface area contributed by atoms with Crippen LogP contribution in [0.2, 0.25) is 0 Å². The number of rotatable bonds is 12. The van der Waals surface area contributed by atoms with Gasteiger partial charge < -0.3 is 18.9 Å². The summed E-state index contributed by atoms with van der Waals surface area (Å²) >= 11 is 0. The standard InChI is InChI=1S/C56H51FN4O4/c1-6-37-22-24-38(25-23-37)35-63-52-50(44(39-26-27-39)32-45-51(52)58-54(59-53(45)65-55(3,4)5)64-43-28-30-62-31-29-43)49-36(2)47(57)33-48-46(49)34-61(60-48)56(40-16-10-7-11-17-40,41-18-12-8-13-19-41)42-20-14-9-15-21-42/h1,7-25,32-34,39,43H,26-31,35H2,2-5H3. The molecule has 8 aromatic rings. The monoisotopic (exact) mass is 862 g/mol. The van der Waals surface area contributed by atoms with Crippen molar-refractivity contribution in [1.82, 2.24) is 19.7 Å². The van der Waals surface area contributed by atoms with E-state index in [2.05, 4.69) is 91.0 Å². The van der Waals surface area contributed by atoms with Gasteiger partial charge in [-0.05, 0) is 98.0 Å². The molecule has 1 aliphatic heterocycles. The second-order valence-electron chi connectivity index (χ2n) is 18.1. The van der Waals surface area contributed by atoms with Gasteiger partial charge in [0.1, 0.15) is 35.2 Å². The van der Waals surface area contributed by atoms with Gasteiger partial charge in [-0.2, -0.15) is 15.1 Å². The van der Waals surface area contributed by atoms with E-state index in [0.29, 0.717) is 65.2 Å². The molecule has 0 spiro atoms. The average Bonchev–Trinajstić information content (AvgIpc) is 4.09. The van der Waals surface area contributed by atoms with Crippen molar-refractivity contribution in [3.8, 4) is 41.1 Å². The number of hydrogen-bond acceptors (Lipinski definition) is 7. The molecule has 0 atom stereocenters. The Morgan fingerprint density at radius 3 is 1.95 bits per heavy atom. The molecule has 1 aliphatic carbocycles. The molecule has 326 valence electrons. The lowest BCUT2D eigenvalue weighted by atomic mass is 9.77. The number of fused-ring (bicyclic) bond motifs is 2. The van der Waals surface area contributed by atoms with Crippen molar-refractivity contribution >= 4 is 21.8 Å². The van der Waals surface area contributed by atoms with Gasteiger partial charge in [-0.25, -0.2) is 4.39 Å². The predicted molar refractivity (Wildman–Crippen MR) is 253 cm³/mol. The summed E-state index contributed by atoms with van der Waals surface area (Å²) in [5, 5.41) is 6.84. The molecule has 0 radical (unpaired) electrons. The third kappa shape index (κ3) is 8.08. The highest BCUT2D eigenvalue weighted by molar-refractivity contribution is 6.05. The van der Waals surface area contributed by atoms with Crippen LogP contribution in [0.3, 0.4) is 0 Å². The van der Waals surface area contributed by atoms with Crippen LogP contribution in [0, 0.1) is 25.1 Å². The minimum absolute atomic E-state index is 0.136. The Balaban J connectivity index is 1.28. The number of terminal acetylenes is 1. The van der Waals surface area contributed by atoms with Crippen molar-refractivity contribution in [2.75, 3.05) is 13.2 Å². The first-order valence-corrected chi connectivity index (χ1v) is 22.5. The van der Waals surface area contributed by atoms with Crippen LogP contribution in [0.5, 0.6) is 17.6 Å². The van der Waals surface area contributed by atoms with Crippen molar-refractivity contribution in [3.05, 3.63) is 178 Å². The summed E-state index contributed by atoms with van der Waals surface area (Å²) in [5.41, 5.74) is 7.15. The summed E-state index contributed by atoms with van der Waals surface area (Å²) < 4.78 is 45.0. The maximum absolute atomic E-state index is 17.0. The summed E-state index contributed by atoms with van der Waals surface area (Å²) in [6, 6.07) is 42.8. The predicted octanol–water partition coefficient (Wildman–Crippen LogP) is 12.1. The molecule has 1 saturated heterocycles. The fourth-order valence-electron chi connectivity index (χ4n) is 9.21. The zero-order valence-corrected chi connectivity index (χ0v) is 37.2. The SMILES string of the molecule is C#Cc1ccc(COc2c(-c3c(C)c(F)cc4nn(C(c5ccccc5)(c5ccccc5)c5ccccc5)cc34)c(C3CC3)cc3c(OC(C)(C)C)nc(OC4CCOCC4)nc23)cc1. The minimum Gasteiger partial charge on any atom is -0.486 e. The Morgan fingerprint density at radius 2 is 1.38 bits per heavy atom. The lowest BCUT2D eigenvalue weighted by Gasteiger charge is -2.36. The number of aromatic nitrogens is 4. The third-order valence-corrected chi connectivity index (χ3v) is 12.5. The van der Waals surface area contributed by atoms with Crippen LogP contribution in [0.15, 0.2) is 134 Å². The van der Waals surface area contributed by atoms with Crippen molar-refractivity contribution in [2.24, 2.45) is 0 Å². The highest BCUT2D eigenvalue weighted by Crippen LogP contribution is 2.54. The van der Waals surface area contributed by atoms with E-state index in [9.17, 15) is 0 Å². The summed E-state index contributed by atoms with van der Waals surface area (Å²) in [7, 11) is 0. The molecule has 0 bridgehead atoms. The molecule has 65 heavy (non-hydrogen) atoms. The van der Waals surface area contributed by atoms with Gasteiger partial charge in [0.2, 0.25) is 5.88 Å². The van der Waals surface area contributed by atoms with Gasteiger partial charge in [-0.1, -0.05) is 109 Å². The highest BCUT2D eigenvalue weighted by atomic mass is 19.1. The molecule has 2 aromatic heterocycles. The van der Waals surface area contributed by atoms with Crippen LogP contribution in [0.4, 0.5) is 4.39 Å². The van der Waals surface area contributed by atoms with Crippen molar-refractivity contribution in [2.45, 2.75) is 83.1 Å². The Labute approximate surface area is 379 Å². The van der Waals surface area contributed by atoms with Crippen LogP contribution >= 0.6 is 0 Å². The smallest absolute Gasteiger partial charge is 0.320 e. The average molecular weight is 863 g/mol. The van der Waals surface area contributed by atoms with Crippen LogP contribution in [-0.2, 0) is 16.9 Å². The number of ether oxygens (including phenoxy) is 4. The Kier molecular flexibility index (Phi) is 11.1. The first-order valence-electron chi connectivity index (χ1n) is 22.5. The zero-order chi connectivity index (χ0) is 44.7. The Bertz CT molecular complexity index is 2940. The number of benzene rings is 6. The van der Waals surface area contributed by atoms with Crippen LogP contribution in [0.1, 0.15) is 91.3 Å². The number of nitrogens with zero attached hydrogens (tertiary/aromatic N) is 4. The Morgan fingerprint density at radius 1 is 0.769 bits per heavy atom. The molecule has 1 saturated carbocycles. The first kappa shape index (κ1) is 42.0. The van der Waals surface area contributed by atoms with E-state index in [4.69, 9.17) is 40.4 Å². The van der Waals surface area contributed by atoms with E-state index in [0.717, 1.165) is 57.2 Å². The maximum atomic E-state index is 17.0. The largest absolute Gasteiger partial charge is 0.486 e. The summed E-state index contributed by atoms with van der Waals surface area (Å²) in [6.07, 6.45) is 11.0. The maximum Gasteiger partial charge on any atom is 0.320 e. The lowest BCUT2D eigenvalue weighted by Crippen LogP contribution is -2.38. The van der Waals surface area contributed by atoms with E-state index >= 15 is 4.39 Å². The fourth-order valence-corrected chi connectivity index (χ4v) is 9.21. The van der Waals surface area contributed by atoms with Crippen molar-refractivity contribution in [1.29, 1.82) is 0 Å². The van der Waals surface area contributed by atoms with Crippen molar-refractivity contribution in [3.63, 3.8) is 0 Å². The number of hydrogen-bond donors (Lipinski definition) is 0. The van der Waals surface area contributed by atoms with E-state index in [1.165, 1.54) is 0 Å². The van der Waals surface area contributed by atoms with Gasteiger partial charge >= 0.3 is 6.01 Å². The fraction of sp³-hybridized carbons (Fsp3) is 0.268. The molecule has 8 nitrogen and oxygen atoms in total. The van der Waals surface area contributed by atoms with E-state index in [-0.39, 0.29) is 30.5 Å². The summed E-state index contributed by atoms with van der Waals surface area (Å²) in [4.78, 5) is 10.1. The second kappa shape index (κ2) is 17.2. The van der Waals surface area contributed by atoms with E-state index in [1.807, 2.05) is 74.8 Å². The molecule has 2 aliphatic rings. The molecule has 3 heterocycles. The topological polar surface area (TPSA) is 80.5 Å². The number of halogens is 1. The van der Waals surface area contributed by atoms with Gasteiger partial charge in [-0.3, -0.25) is 4.68 Å². The quantitative estimate of drug-likeness (QED) is 0.0894. The molecular formula is C56H51FN4O4. The lowest BCUT2D eigenvalue weighted by molar-refractivity contribution is 0.0212. The van der Waals surface area contributed by atoms with Crippen LogP contribution in [0.25, 0.3) is 32.9 Å². The summed E-state index contributed by atoms with van der Waals surface area (Å²) in [5.74, 6) is 3.40. The van der Waals surface area contributed by atoms with Crippen molar-refractivity contribution < 1.29 is 23.3 Å². The van der Waals surface area contributed by atoms with E-state index < -0.39 is 11.1 Å². The molecule has 2 fully saturated rings. The second-order valence-corrected chi connectivity index (χ2v) is 18.1. The molecule has 0 unspecified atom stereocenters. The molecule has 0 N–H and O–H groups in total. The molecule has 9 heteroatoms. The normalized spacial score (nSPS) is 14.6. The molecule has 10 rings (SSSR count). The first-order chi connectivity index (χ1) is 31.6. The zero-order valence-electron chi connectivity index (χ0n) is 37.2. The van der Waals surface area contributed by atoms with Gasteiger partial charge in [-0.15, -0.1) is 6.42 Å².